The van der Waals surface area contributed by atoms with E-state index in [1.807, 2.05) is 67.6 Å². The molecular weight excluding hydrogens is 613 g/mol. The third-order valence-electron chi connectivity index (χ3n) is 5.70. The predicted octanol–water partition coefficient (Wildman–Crippen LogP) is 6.63. The molecule has 0 spiro atoms. The fourth-order valence-electron chi connectivity index (χ4n) is 4.32. The van der Waals surface area contributed by atoms with Gasteiger partial charge in [-0.1, -0.05) is 42.9 Å². The molecule has 3 heterocycles. The van der Waals surface area contributed by atoms with Crippen molar-refractivity contribution in [1.29, 1.82) is 0 Å². The number of pyridine rings is 2. The summed E-state index contributed by atoms with van der Waals surface area (Å²) in [4.78, 5) is 11.7. The molecule has 176 valence electrons. The van der Waals surface area contributed by atoms with Crippen molar-refractivity contribution in [2.24, 2.45) is 0 Å². The van der Waals surface area contributed by atoms with Crippen molar-refractivity contribution in [2.45, 2.75) is 27.7 Å². The Labute approximate surface area is 220 Å². The molecule has 0 fully saturated rings. The Bertz CT molecular complexity index is 1420. The Balaban J connectivity index is 0.00000289. The summed E-state index contributed by atoms with van der Waals surface area (Å²) in [5.74, 6) is 0.786. The zero-order chi connectivity index (χ0) is 23.7. The number of nitrogens with zero attached hydrogens (tertiary/aromatic N) is 5. The van der Waals surface area contributed by atoms with Gasteiger partial charge in [0.2, 0.25) is 0 Å². The maximum Gasteiger partial charge on any atom is 2.00 e. The summed E-state index contributed by atoms with van der Waals surface area (Å²) in [5, 5.41) is 4.76. The Morgan fingerprint density at radius 2 is 1.57 bits per heavy atom. The van der Waals surface area contributed by atoms with Crippen LogP contribution in [0.1, 0.15) is 22.4 Å². The Morgan fingerprint density at radius 1 is 0.829 bits per heavy atom. The van der Waals surface area contributed by atoms with Gasteiger partial charge in [-0.2, -0.15) is 23.9 Å². The standard InChI is InChI=1S/C29H25N5.Pt/c1-20-17-21(2)29(22(3)18-20)34(27-19-33(32-23(27)4)24-11-6-5-7-12-24)28-15-10-14-26(31-28)25-13-8-9-16-30-25;/h5-11,13-18H,1-4H3;/q-2;+2. The van der Waals surface area contributed by atoms with Gasteiger partial charge in [-0.25, -0.2) is 17.1 Å². The van der Waals surface area contributed by atoms with Gasteiger partial charge in [0, 0.05) is 6.20 Å². The summed E-state index contributed by atoms with van der Waals surface area (Å²) in [6.07, 6.45) is 5.25. The van der Waals surface area contributed by atoms with Gasteiger partial charge in [-0.3, -0.25) is 10.1 Å². The minimum absolute atomic E-state index is 0. The van der Waals surface area contributed by atoms with E-state index in [1.165, 1.54) is 5.56 Å². The van der Waals surface area contributed by atoms with Gasteiger partial charge in [-0.05, 0) is 67.5 Å². The second-order valence-electron chi connectivity index (χ2n) is 8.38. The number of rotatable bonds is 5. The van der Waals surface area contributed by atoms with Gasteiger partial charge in [0.1, 0.15) is 5.82 Å². The van der Waals surface area contributed by atoms with Crippen LogP contribution in [0.4, 0.5) is 17.2 Å². The minimum Gasteiger partial charge on any atom is -0.382 e. The van der Waals surface area contributed by atoms with Crippen LogP contribution in [0.2, 0.25) is 0 Å². The molecule has 0 radical (unpaired) electrons. The monoisotopic (exact) mass is 638 g/mol. The summed E-state index contributed by atoms with van der Waals surface area (Å²) in [6.45, 7) is 8.39. The van der Waals surface area contributed by atoms with Crippen LogP contribution >= 0.6 is 0 Å². The Hall–Kier alpha value is -3.56. The maximum absolute atomic E-state index is 5.02. The van der Waals surface area contributed by atoms with Crippen molar-refractivity contribution in [3.8, 4) is 17.1 Å². The maximum atomic E-state index is 5.02. The molecule has 0 aliphatic carbocycles. The molecule has 0 bridgehead atoms. The van der Waals surface area contributed by atoms with Crippen LogP contribution < -0.4 is 4.90 Å². The van der Waals surface area contributed by atoms with Gasteiger partial charge in [-0.15, -0.1) is 0 Å². The predicted molar refractivity (Wildman–Crippen MR) is 136 cm³/mol. The average molecular weight is 639 g/mol. The molecule has 6 heteroatoms. The van der Waals surface area contributed by atoms with Crippen molar-refractivity contribution >= 4 is 17.2 Å². The van der Waals surface area contributed by atoms with Crippen LogP contribution in [-0.2, 0) is 21.1 Å². The third-order valence-corrected chi connectivity index (χ3v) is 5.70. The van der Waals surface area contributed by atoms with E-state index in [4.69, 9.17) is 10.1 Å². The minimum atomic E-state index is 0. The van der Waals surface area contributed by atoms with Gasteiger partial charge >= 0.3 is 21.1 Å². The first kappa shape index (κ1) is 24.6. The van der Waals surface area contributed by atoms with E-state index in [9.17, 15) is 0 Å². The second kappa shape index (κ2) is 10.4. The SMILES string of the molecule is Cc1cc(C)c(N(c2cccc(-c3ccccn3)n2)c2[c-]n(-c3[c-]cccc3)nc2C)c(C)c1.[Pt+2]. The van der Waals surface area contributed by atoms with E-state index in [1.54, 1.807) is 10.9 Å². The first-order chi connectivity index (χ1) is 16.5. The first-order valence-corrected chi connectivity index (χ1v) is 11.2. The number of para-hydroxylation sites is 1. The van der Waals surface area contributed by atoms with E-state index in [0.717, 1.165) is 51.1 Å². The van der Waals surface area contributed by atoms with Crippen molar-refractivity contribution in [3.63, 3.8) is 0 Å². The molecule has 5 aromatic rings. The average Bonchev–Trinajstić information content (AvgIpc) is 3.23. The van der Waals surface area contributed by atoms with Crippen LogP contribution in [0.5, 0.6) is 0 Å². The molecule has 5 nitrogen and oxygen atoms in total. The van der Waals surface area contributed by atoms with Crippen LogP contribution in [0.15, 0.2) is 79.0 Å². The summed E-state index contributed by atoms with van der Waals surface area (Å²) in [7, 11) is 0. The van der Waals surface area contributed by atoms with Crippen molar-refractivity contribution in [2.75, 3.05) is 4.90 Å². The number of aryl methyl sites for hydroxylation is 4. The van der Waals surface area contributed by atoms with Crippen LogP contribution in [-0.4, -0.2) is 19.7 Å². The van der Waals surface area contributed by atoms with Crippen molar-refractivity contribution in [3.05, 3.63) is 114 Å². The molecule has 0 unspecified atom stereocenters. The van der Waals surface area contributed by atoms with E-state index in [2.05, 4.69) is 55.1 Å². The normalized spacial score (nSPS) is 10.6. The van der Waals surface area contributed by atoms with Crippen LogP contribution in [0, 0.1) is 40.0 Å². The Kier molecular flexibility index (Phi) is 7.28. The van der Waals surface area contributed by atoms with Crippen molar-refractivity contribution in [1.82, 2.24) is 19.7 Å². The number of hydrogen-bond donors (Lipinski definition) is 0. The molecule has 0 saturated heterocycles. The van der Waals surface area contributed by atoms with Gasteiger partial charge in [0.25, 0.3) is 0 Å². The zero-order valence-corrected chi connectivity index (χ0v) is 22.3. The first-order valence-electron chi connectivity index (χ1n) is 11.2. The quantitative estimate of drug-likeness (QED) is 0.203. The molecule has 2 aromatic carbocycles. The molecule has 3 aromatic heterocycles. The summed E-state index contributed by atoms with van der Waals surface area (Å²) >= 11 is 0. The van der Waals surface area contributed by atoms with E-state index in [-0.39, 0.29) is 21.1 Å². The Morgan fingerprint density at radius 3 is 2.26 bits per heavy atom. The number of anilines is 3. The smallest absolute Gasteiger partial charge is 0.382 e. The molecule has 0 atom stereocenters. The van der Waals surface area contributed by atoms with Gasteiger partial charge < -0.3 is 9.58 Å². The molecule has 0 amide bonds. The van der Waals surface area contributed by atoms with Crippen LogP contribution in [0.3, 0.4) is 0 Å². The molecule has 0 saturated carbocycles. The molecule has 0 aliphatic heterocycles. The van der Waals surface area contributed by atoms with E-state index >= 15 is 0 Å². The summed E-state index contributed by atoms with van der Waals surface area (Å²) in [5.41, 5.74) is 8.80. The largest absolute Gasteiger partial charge is 2.00 e. The molecule has 0 aliphatic rings. The van der Waals surface area contributed by atoms with Crippen LogP contribution in [0.25, 0.3) is 17.1 Å². The summed E-state index contributed by atoms with van der Waals surface area (Å²) < 4.78 is 1.75. The topological polar surface area (TPSA) is 46.8 Å². The molecular formula is C29H25N5Pt. The number of hydrogen-bond acceptors (Lipinski definition) is 4. The van der Waals surface area contributed by atoms with E-state index in [0.29, 0.717) is 0 Å². The number of benzene rings is 2. The number of aromatic nitrogens is 4. The summed E-state index contributed by atoms with van der Waals surface area (Å²) in [6, 6.07) is 27.3. The van der Waals surface area contributed by atoms with Crippen molar-refractivity contribution < 1.29 is 21.1 Å². The fourth-order valence-corrected chi connectivity index (χ4v) is 4.32. The molecule has 35 heavy (non-hydrogen) atoms. The fraction of sp³-hybridized carbons (Fsp3) is 0.138. The van der Waals surface area contributed by atoms with E-state index < -0.39 is 0 Å². The molecule has 5 rings (SSSR count). The zero-order valence-electron chi connectivity index (χ0n) is 20.1. The third kappa shape index (κ3) is 4.96. The van der Waals surface area contributed by atoms with Gasteiger partial charge in [0.05, 0.1) is 17.1 Å². The molecule has 0 N–H and O–H groups in total. The van der Waals surface area contributed by atoms with Gasteiger partial charge in [0.15, 0.2) is 0 Å². The second-order valence-corrected chi connectivity index (χ2v) is 8.38.